The average Bonchev–Trinajstić information content (AvgIpc) is 4.05. The Morgan fingerprint density at radius 3 is 2.48 bits per heavy atom. The van der Waals surface area contributed by atoms with Gasteiger partial charge in [0.1, 0.15) is 23.7 Å². The lowest BCUT2D eigenvalue weighted by molar-refractivity contribution is -0.143. The normalized spacial score (nSPS) is 29.5. The molecule has 7 rings (SSSR count). The summed E-state index contributed by atoms with van der Waals surface area (Å²) in [5, 5.41) is 4.93. The maximum absolute atomic E-state index is 14.6. The Balaban J connectivity index is 1.18. The number of amides is 5. The van der Waals surface area contributed by atoms with Crippen molar-refractivity contribution in [2.24, 2.45) is 16.7 Å². The van der Waals surface area contributed by atoms with Crippen LogP contribution in [0.4, 0.5) is 9.59 Å². The van der Waals surface area contributed by atoms with Crippen molar-refractivity contribution >= 4 is 46.0 Å². The molecule has 0 radical (unpaired) electrons. The Bertz CT molecular complexity index is 1910. The molecule has 3 saturated carbocycles. The molecule has 3 N–H and O–H groups in total. The summed E-state index contributed by atoms with van der Waals surface area (Å²) in [5.41, 5.74) is 0.450. The van der Waals surface area contributed by atoms with Gasteiger partial charge in [-0.1, -0.05) is 76.5 Å². The van der Waals surface area contributed by atoms with Crippen LogP contribution in [0.15, 0.2) is 36.9 Å². The van der Waals surface area contributed by atoms with Gasteiger partial charge in [-0.05, 0) is 67.1 Å². The molecule has 3 aliphatic carbocycles. The molecule has 1 spiro atoms. The fourth-order valence-corrected chi connectivity index (χ4v) is 10.3. The zero-order valence-electron chi connectivity index (χ0n) is 32.6. The molecule has 5 amide bonds. The van der Waals surface area contributed by atoms with Crippen molar-refractivity contribution in [3.8, 4) is 0 Å². The zero-order chi connectivity index (χ0) is 40.0. The number of fused-ring (bicyclic) bond motifs is 3. The van der Waals surface area contributed by atoms with Crippen LogP contribution in [-0.2, 0) is 47.0 Å². The summed E-state index contributed by atoms with van der Waals surface area (Å²) in [5.74, 6) is -2.69. The van der Waals surface area contributed by atoms with E-state index in [1.165, 1.54) is 11.0 Å². The molecular weight excluding hydrogens is 739 g/mol. The molecule has 4 bridgehead atoms. The van der Waals surface area contributed by atoms with Gasteiger partial charge in [0.25, 0.3) is 5.91 Å². The quantitative estimate of drug-likeness (QED) is 0.345. The van der Waals surface area contributed by atoms with E-state index in [0.29, 0.717) is 25.9 Å². The van der Waals surface area contributed by atoms with Crippen molar-refractivity contribution in [1.82, 2.24) is 25.2 Å². The molecule has 56 heavy (non-hydrogen) atoms. The smallest absolute Gasteiger partial charge is 0.410 e. The lowest BCUT2D eigenvalue weighted by Gasteiger charge is -2.38. The number of sulfonamides is 1. The van der Waals surface area contributed by atoms with Crippen molar-refractivity contribution in [2.75, 3.05) is 13.2 Å². The highest BCUT2D eigenvalue weighted by Gasteiger charge is 2.62. The fraction of sp³-hybridized carbons (Fsp3) is 0.634. The molecule has 1 aromatic carbocycles. The standard InChI is InChI=1S/C41H55N5O9S/c1-5-28-21-41(28,36(49)44-56(52,53)30-15-16-30)43-34(47)32-20-29-23-46(32)35(48)33(39(2,3)4)42-37(50)54-25-40(17-8-6-9-18-40)19-10-7-12-26-13-11-14-27-22-45(24-31(26)27)38(51)55-29/h5,7,11-14,28-30,32-33H,1,6,8-10,15-25H2,2-4H3,(H,42,50)(H,43,47)(H,44,49)/t28-,29-,32?,33-,41-/m1/s1. The van der Waals surface area contributed by atoms with Crippen LogP contribution >= 0.6 is 0 Å². The lowest BCUT2D eigenvalue weighted by Crippen LogP contribution is -2.60. The Kier molecular flexibility index (Phi) is 10.8. The first-order valence-corrected chi connectivity index (χ1v) is 21.6. The van der Waals surface area contributed by atoms with Crippen LogP contribution in [-0.4, -0.2) is 90.3 Å². The summed E-state index contributed by atoms with van der Waals surface area (Å²) >= 11 is 0. The van der Waals surface area contributed by atoms with Gasteiger partial charge in [-0.3, -0.25) is 24.0 Å². The van der Waals surface area contributed by atoms with Crippen LogP contribution in [0.3, 0.4) is 0 Å². The molecule has 4 fully saturated rings. The van der Waals surface area contributed by atoms with Gasteiger partial charge >= 0.3 is 12.2 Å². The molecule has 15 heteroatoms. The SMILES string of the molecule is C=C[C@@H]1C[C@]1(NC(=O)C1C[C@@H]2CN1C(=O)[C@H](C(C)(C)C)NC(=O)OCC1(CCC=Cc3cccc4c3CN(C4)C(=O)O2)CCCCC1)C(=O)NS(=O)(=O)C1CC1. The van der Waals surface area contributed by atoms with Crippen molar-refractivity contribution in [3.63, 3.8) is 0 Å². The number of rotatable bonds is 6. The highest BCUT2D eigenvalue weighted by atomic mass is 32.2. The molecule has 3 heterocycles. The number of nitrogens with one attached hydrogen (secondary N) is 3. The van der Waals surface area contributed by atoms with Gasteiger partial charge in [-0.2, -0.15) is 0 Å². The second-order valence-electron chi connectivity index (χ2n) is 17.8. The van der Waals surface area contributed by atoms with E-state index in [4.69, 9.17) is 9.47 Å². The van der Waals surface area contributed by atoms with E-state index in [2.05, 4.69) is 34.1 Å². The van der Waals surface area contributed by atoms with E-state index < -0.39 is 80.2 Å². The van der Waals surface area contributed by atoms with Crippen LogP contribution in [0.2, 0.25) is 0 Å². The maximum atomic E-state index is 14.6. The van der Waals surface area contributed by atoms with Gasteiger partial charge in [0.05, 0.1) is 24.9 Å². The minimum absolute atomic E-state index is 0.0846. The number of benzene rings is 1. The number of hydrogen-bond donors (Lipinski definition) is 3. The molecular formula is C41H55N5O9S. The molecule has 5 atom stereocenters. The molecule has 3 aliphatic heterocycles. The van der Waals surface area contributed by atoms with Gasteiger partial charge < -0.3 is 25.0 Å². The number of nitrogens with zero attached hydrogens (tertiary/aromatic N) is 2. The number of ether oxygens (including phenoxy) is 2. The molecule has 14 nitrogen and oxygen atoms in total. The second-order valence-corrected chi connectivity index (χ2v) is 19.8. The van der Waals surface area contributed by atoms with Gasteiger partial charge in [0.15, 0.2) is 0 Å². The van der Waals surface area contributed by atoms with E-state index in [1.807, 2.05) is 18.2 Å². The van der Waals surface area contributed by atoms with Crippen LogP contribution in [0, 0.1) is 16.7 Å². The summed E-state index contributed by atoms with van der Waals surface area (Å²) in [6.07, 6.45) is 11.1. The second kappa shape index (κ2) is 15.2. The first kappa shape index (κ1) is 39.8. The van der Waals surface area contributed by atoms with E-state index in [9.17, 15) is 32.4 Å². The van der Waals surface area contributed by atoms with Crippen LogP contribution < -0.4 is 15.4 Å². The predicted octanol–water partition coefficient (Wildman–Crippen LogP) is 4.68. The third kappa shape index (κ3) is 8.19. The third-order valence-corrected chi connectivity index (χ3v) is 14.4. The van der Waals surface area contributed by atoms with Crippen molar-refractivity contribution in [1.29, 1.82) is 0 Å². The van der Waals surface area contributed by atoms with E-state index >= 15 is 0 Å². The number of hydrogen-bond acceptors (Lipinski definition) is 9. The molecule has 1 unspecified atom stereocenters. The molecule has 1 saturated heterocycles. The first-order valence-electron chi connectivity index (χ1n) is 20.0. The Labute approximate surface area is 329 Å². The molecule has 304 valence electrons. The average molecular weight is 794 g/mol. The van der Waals surface area contributed by atoms with Crippen molar-refractivity contribution < 1.29 is 41.9 Å². The van der Waals surface area contributed by atoms with Crippen LogP contribution in [0.25, 0.3) is 6.08 Å². The number of cyclic esters (lactones) is 1. The third-order valence-electron chi connectivity index (χ3n) is 12.6. The van der Waals surface area contributed by atoms with Crippen LogP contribution in [0.1, 0.15) is 108 Å². The number of carbonyl (C=O) groups excluding carboxylic acids is 5. The topological polar surface area (TPSA) is 181 Å². The van der Waals surface area contributed by atoms with Gasteiger partial charge in [0.2, 0.25) is 21.8 Å². The van der Waals surface area contributed by atoms with Crippen LogP contribution in [0.5, 0.6) is 0 Å². The number of allylic oxidation sites excluding steroid dienone is 1. The summed E-state index contributed by atoms with van der Waals surface area (Å²) in [6.45, 7) is 9.91. The summed E-state index contributed by atoms with van der Waals surface area (Å²) in [4.78, 5) is 72.7. The minimum atomic E-state index is -3.92. The Morgan fingerprint density at radius 2 is 1.80 bits per heavy atom. The van der Waals surface area contributed by atoms with Gasteiger partial charge in [-0.25, -0.2) is 18.0 Å². The predicted molar refractivity (Wildman–Crippen MR) is 207 cm³/mol. The van der Waals surface area contributed by atoms with Crippen molar-refractivity contribution in [3.05, 3.63) is 53.6 Å². The fourth-order valence-electron chi connectivity index (χ4n) is 8.91. The molecule has 6 aliphatic rings. The van der Waals surface area contributed by atoms with E-state index in [1.54, 1.807) is 25.7 Å². The Morgan fingerprint density at radius 1 is 1.05 bits per heavy atom. The van der Waals surface area contributed by atoms with Gasteiger partial charge in [0, 0.05) is 24.3 Å². The van der Waals surface area contributed by atoms with E-state index in [0.717, 1.165) is 61.6 Å². The van der Waals surface area contributed by atoms with Gasteiger partial charge in [-0.15, -0.1) is 6.58 Å². The lowest BCUT2D eigenvalue weighted by atomic mass is 9.71. The Hall–Kier alpha value is -4.40. The summed E-state index contributed by atoms with van der Waals surface area (Å²) < 4.78 is 39.5. The van der Waals surface area contributed by atoms with Crippen molar-refractivity contribution in [2.45, 2.75) is 133 Å². The summed E-state index contributed by atoms with van der Waals surface area (Å²) in [6, 6.07) is 3.64. The zero-order valence-corrected chi connectivity index (χ0v) is 33.5. The summed E-state index contributed by atoms with van der Waals surface area (Å²) in [7, 11) is -3.92. The van der Waals surface area contributed by atoms with E-state index in [-0.39, 0.29) is 31.4 Å². The number of carbonyl (C=O) groups is 5. The molecule has 0 aromatic heterocycles. The minimum Gasteiger partial charge on any atom is -0.449 e. The molecule has 1 aromatic rings. The first-order chi connectivity index (χ1) is 26.5. The monoisotopic (exact) mass is 793 g/mol. The largest absolute Gasteiger partial charge is 0.449 e. The highest BCUT2D eigenvalue weighted by molar-refractivity contribution is 7.91. The number of alkyl carbamates (subject to hydrolysis) is 1. The maximum Gasteiger partial charge on any atom is 0.410 e. The highest BCUT2D eigenvalue weighted by Crippen LogP contribution is 2.46.